The van der Waals surface area contributed by atoms with E-state index in [0.717, 1.165) is 0 Å². The number of ether oxygens (including phenoxy) is 5. The van der Waals surface area contributed by atoms with Crippen LogP contribution in [-0.2, 0) is 38.1 Å². The van der Waals surface area contributed by atoms with Gasteiger partial charge in [0.2, 0.25) is 11.6 Å². The quantitative estimate of drug-likeness (QED) is 0.424. The number of ketones is 1. The third-order valence-corrected chi connectivity index (χ3v) is 10.9. The molecule has 7 rings (SSSR count). The highest BCUT2D eigenvalue weighted by atomic mass is 16.8. The Bertz CT molecular complexity index is 1290. The second-order valence-corrected chi connectivity index (χ2v) is 13.6. The van der Waals surface area contributed by atoms with Gasteiger partial charge in [0.1, 0.15) is 23.2 Å². The fraction of sp³-hybridized carbons (Fsp3) is 0.759. The summed E-state index contributed by atoms with van der Waals surface area (Å²) in [4.78, 5) is 38.3. The van der Waals surface area contributed by atoms with E-state index in [1.165, 1.54) is 0 Å². The van der Waals surface area contributed by atoms with Crippen molar-refractivity contribution in [2.75, 3.05) is 6.61 Å². The van der Waals surface area contributed by atoms with E-state index in [-0.39, 0.29) is 31.7 Å². The van der Waals surface area contributed by atoms with Gasteiger partial charge < -0.3 is 39.0 Å². The summed E-state index contributed by atoms with van der Waals surface area (Å²) in [7, 11) is 0. The van der Waals surface area contributed by atoms with Crippen molar-refractivity contribution in [2.45, 2.75) is 107 Å². The molecule has 0 amide bonds. The lowest BCUT2D eigenvalue weighted by molar-refractivity contribution is -0.361. The van der Waals surface area contributed by atoms with E-state index in [9.17, 15) is 29.7 Å². The van der Waals surface area contributed by atoms with Crippen LogP contribution in [0.25, 0.3) is 0 Å². The maximum atomic E-state index is 13.9. The van der Waals surface area contributed by atoms with Crippen LogP contribution < -0.4 is 0 Å². The van der Waals surface area contributed by atoms with Crippen molar-refractivity contribution in [3.8, 4) is 0 Å². The SMILES string of the molecule is CC1=CC(=C[C@@H](C)C(=O)[C@]2(C)CC[C@@]34C[C@]56OC(=O)C[C@H]5O[C@@](C)(CO)[C@@H]6[C@H]5C[C@H]3[C@](O)(O5)[C@](O)(C2)O4)OC1=O. The highest BCUT2D eigenvalue weighted by Gasteiger charge is 2.84. The van der Waals surface area contributed by atoms with Crippen LogP contribution in [0.3, 0.4) is 0 Å². The number of allylic oxidation sites excluding steroid dienone is 2. The number of hydrogen-bond acceptors (Lipinski definition) is 11. The summed E-state index contributed by atoms with van der Waals surface area (Å²) in [5, 5.41) is 34.6. The smallest absolute Gasteiger partial charge is 0.339 e. The van der Waals surface area contributed by atoms with Gasteiger partial charge in [0.15, 0.2) is 0 Å². The van der Waals surface area contributed by atoms with Crippen LogP contribution in [0.15, 0.2) is 23.5 Å². The first-order chi connectivity index (χ1) is 18.6. The molecule has 0 aromatic heterocycles. The van der Waals surface area contributed by atoms with Gasteiger partial charge in [0, 0.05) is 29.7 Å². The van der Waals surface area contributed by atoms with Crippen LogP contribution in [0.2, 0.25) is 0 Å². The van der Waals surface area contributed by atoms with Gasteiger partial charge in [-0.15, -0.1) is 0 Å². The summed E-state index contributed by atoms with van der Waals surface area (Å²) < 4.78 is 30.4. The molecule has 2 spiro atoms. The minimum Gasteiger partial charge on any atom is -0.456 e. The Balaban J connectivity index is 1.27. The number of fused-ring (bicyclic) bond motifs is 4. The van der Waals surface area contributed by atoms with Crippen molar-refractivity contribution in [2.24, 2.45) is 23.2 Å². The number of carbonyl (C=O) groups is 3. The molecule has 0 aromatic rings. The van der Waals surface area contributed by atoms with Gasteiger partial charge in [0.05, 0.1) is 42.2 Å². The average Bonchev–Trinajstić information content (AvgIpc) is 3.53. The second kappa shape index (κ2) is 7.81. The molecule has 0 aromatic carbocycles. The minimum absolute atomic E-state index is 0.0228. The van der Waals surface area contributed by atoms with Crippen LogP contribution in [0.5, 0.6) is 0 Å². The molecule has 11 atom stereocenters. The molecule has 5 saturated heterocycles. The van der Waals surface area contributed by atoms with Gasteiger partial charge in [-0.3, -0.25) is 9.59 Å². The first kappa shape index (κ1) is 26.7. The number of rotatable bonds is 4. The number of hydrogen-bond donors (Lipinski definition) is 3. The predicted molar refractivity (Wildman–Crippen MR) is 133 cm³/mol. The van der Waals surface area contributed by atoms with Gasteiger partial charge in [-0.25, -0.2) is 4.79 Å². The molecule has 7 aliphatic rings. The number of aliphatic hydroxyl groups excluding tert-OH is 1. The second-order valence-electron chi connectivity index (χ2n) is 13.6. The third-order valence-electron chi connectivity index (χ3n) is 10.9. The van der Waals surface area contributed by atoms with Crippen LogP contribution in [0, 0.1) is 23.2 Å². The summed E-state index contributed by atoms with van der Waals surface area (Å²) in [5.74, 6) is -6.96. The molecule has 6 aliphatic heterocycles. The molecule has 11 nitrogen and oxygen atoms in total. The summed E-state index contributed by atoms with van der Waals surface area (Å²) >= 11 is 0. The minimum atomic E-state index is -2.21. The summed E-state index contributed by atoms with van der Waals surface area (Å²) in [6.45, 7) is 6.52. The lowest BCUT2D eigenvalue weighted by Gasteiger charge is -2.46. The molecular formula is C29H36O11. The van der Waals surface area contributed by atoms with Crippen LogP contribution in [0.1, 0.15) is 66.2 Å². The Kier molecular flexibility index (Phi) is 5.22. The zero-order chi connectivity index (χ0) is 28.7. The Labute approximate surface area is 231 Å². The molecule has 40 heavy (non-hydrogen) atoms. The Morgan fingerprint density at radius 2 is 1.93 bits per heavy atom. The number of cyclic esters (lactones) is 1. The molecule has 1 aliphatic carbocycles. The van der Waals surface area contributed by atoms with Gasteiger partial charge in [0.25, 0.3) is 0 Å². The van der Waals surface area contributed by atoms with Crippen LogP contribution in [0.4, 0.5) is 0 Å². The monoisotopic (exact) mass is 560 g/mol. The van der Waals surface area contributed by atoms with E-state index in [4.69, 9.17) is 23.7 Å². The van der Waals surface area contributed by atoms with Crippen molar-refractivity contribution in [3.63, 3.8) is 0 Å². The topological polar surface area (TPSA) is 158 Å². The van der Waals surface area contributed by atoms with Gasteiger partial charge in [-0.2, -0.15) is 0 Å². The van der Waals surface area contributed by atoms with Gasteiger partial charge in [-0.1, -0.05) is 13.8 Å². The molecule has 4 bridgehead atoms. The standard InChI is InChI=1S/C29H36O11/c1-14(7-16-8-15(2)23(33)36-16)22(32)24(3)5-6-26-12-27-19(10-20(31)39-27)38-25(4,13-30)21(27)17-9-18(26)29(35,37-17)28(34,11-24)40-26/h7-8,14,17-19,21,30,34-35H,5-6,9-13H2,1-4H3/t14-,17-,18-,19-,21+,24-,25+,26-,27+,28+,29+/m1/s1. The van der Waals surface area contributed by atoms with Crippen molar-refractivity contribution in [1.82, 2.24) is 0 Å². The molecule has 218 valence electrons. The lowest BCUT2D eigenvalue weighted by atomic mass is 9.63. The first-order valence-electron chi connectivity index (χ1n) is 14.1. The third kappa shape index (κ3) is 3.13. The molecule has 3 N–H and O–H groups in total. The van der Waals surface area contributed by atoms with Crippen LogP contribution in [-0.4, -0.2) is 80.2 Å². The highest BCUT2D eigenvalue weighted by molar-refractivity contribution is 5.93. The predicted octanol–water partition coefficient (Wildman–Crippen LogP) is 1.18. The maximum absolute atomic E-state index is 13.9. The largest absolute Gasteiger partial charge is 0.456 e. The van der Waals surface area contributed by atoms with E-state index in [1.54, 1.807) is 39.8 Å². The van der Waals surface area contributed by atoms with E-state index in [1.807, 2.05) is 0 Å². The fourth-order valence-electron chi connectivity index (χ4n) is 9.30. The first-order valence-corrected chi connectivity index (χ1v) is 14.1. The Hall–Kier alpha value is -2.15. The summed E-state index contributed by atoms with van der Waals surface area (Å²) in [5.41, 5.74) is -4.09. The number of esters is 2. The van der Waals surface area contributed by atoms with Crippen molar-refractivity contribution in [3.05, 3.63) is 23.5 Å². The summed E-state index contributed by atoms with van der Waals surface area (Å²) in [6.07, 6.45) is 2.76. The van der Waals surface area contributed by atoms with E-state index in [0.29, 0.717) is 30.6 Å². The average molecular weight is 561 g/mol. The van der Waals surface area contributed by atoms with Gasteiger partial charge in [-0.05, 0) is 45.3 Å². The molecule has 11 heteroatoms. The van der Waals surface area contributed by atoms with E-state index >= 15 is 0 Å². The maximum Gasteiger partial charge on any atom is 0.339 e. The molecule has 6 heterocycles. The molecule has 6 fully saturated rings. The molecule has 0 unspecified atom stereocenters. The highest BCUT2D eigenvalue weighted by Crippen LogP contribution is 2.71. The number of Topliss-reactive ketones (excluding diaryl/α,β-unsaturated/α-hetero) is 1. The van der Waals surface area contributed by atoms with Crippen molar-refractivity contribution >= 4 is 17.7 Å². The number of aliphatic hydroxyl groups is 3. The van der Waals surface area contributed by atoms with Gasteiger partial charge >= 0.3 is 11.9 Å². The van der Waals surface area contributed by atoms with E-state index in [2.05, 4.69) is 0 Å². The molecular weight excluding hydrogens is 524 g/mol. The molecule has 0 radical (unpaired) electrons. The van der Waals surface area contributed by atoms with E-state index < -0.39 is 75.7 Å². The summed E-state index contributed by atoms with van der Waals surface area (Å²) in [6, 6.07) is 0. The molecule has 1 saturated carbocycles. The number of carbonyl (C=O) groups excluding carboxylic acids is 3. The Morgan fingerprint density at radius 3 is 2.60 bits per heavy atom. The van der Waals surface area contributed by atoms with Crippen molar-refractivity contribution in [1.29, 1.82) is 0 Å². The zero-order valence-electron chi connectivity index (χ0n) is 23.1. The fourth-order valence-corrected chi connectivity index (χ4v) is 9.30. The zero-order valence-corrected chi connectivity index (χ0v) is 23.1. The van der Waals surface area contributed by atoms with Crippen molar-refractivity contribution < 1.29 is 53.4 Å². The lowest BCUT2D eigenvalue weighted by Crippen LogP contribution is -2.60. The van der Waals surface area contributed by atoms with Crippen LogP contribution >= 0.6 is 0 Å². The Morgan fingerprint density at radius 1 is 1.18 bits per heavy atom. The normalized spacial score (nSPS) is 53.9.